The first-order valence-electron chi connectivity index (χ1n) is 6.31. The van der Waals surface area contributed by atoms with Crippen molar-refractivity contribution in [1.82, 2.24) is 0 Å². The zero-order valence-electron chi connectivity index (χ0n) is 9.83. The van der Waals surface area contributed by atoms with E-state index in [0.29, 0.717) is 16.0 Å². The minimum Gasteiger partial charge on any atom is -0.388 e. The molecule has 0 aromatic heterocycles. The normalized spacial score (nSPS) is 19.9. The molecule has 1 fully saturated rings. The van der Waals surface area contributed by atoms with Crippen molar-refractivity contribution in [2.24, 2.45) is 5.92 Å². The number of hydrogen-bond donors (Lipinski definition) is 1. The Morgan fingerprint density at radius 1 is 0.941 bits per heavy atom. The standard InChI is InChI=1S/C14H18Cl2O/c15-12-7-11(8-13(16)9-12)14(17)10-5-3-1-2-4-6-10/h7-10,14,17H,1-6H2. The first kappa shape index (κ1) is 13.2. The van der Waals surface area contributed by atoms with Crippen LogP contribution in [0.1, 0.15) is 50.2 Å². The van der Waals surface area contributed by atoms with Crippen LogP contribution in [0.2, 0.25) is 10.0 Å². The van der Waals surface area contributed by atoms with Crippen LogP contribution >= 0.6 is 23.2 Å². The highest BCUT2D eigenvalue weighted by molar-refractivity contribution is 6.34. The Kier molecular flexibility index (Phi) is 4.72. The van der Waals surface area contributed by atoms with Crippen molar-refractivity contribution in [3.05, 3.63) is 33.8 Å². The topological polar surface area (TPSA) is 20.2 Å². The van der Waals surface area contributed by atoms with Gasteiger partial charge in [-0.2, -0.15) is 0 Å². The third-order valence-electron chi connectivity index (χ3n) is 3.57. The second-order valence-corrected chi connectivity index (χ2v) is 5.77. The fourth-order valence-electron chi connectivity index (χ4n) is 2.64. The van der Waals surface area contributed by atoms with Gasteiger partial charge in [-0.25, -0.2) is 0 Å². The molecule has 1 N–H and O–H groups in total. The van der Waals surface area contributed by atoms with Gasteiger partial charge in [0.15, 0.2) is 0 Å². The second-order valence-electron chi connectivity index (χ2n) is 4.90. The predicted octanol–water partition coefficient (Wildman–Crippen LogP) is 5.00. The van der Waals surface area contributed by atoms with E-state index in [0.717, 1.165) is 18.4 Å². The summed E-state index contributed by atoms with van der Waals surface area (Å²) in [4.78, 5) is 0. The van der Waals surface area contributed by atoms with Crippen molar-refractivity contribution in [3.8, 4) is 0 Å². The molecule has 1 aliphatic carbocycles. The van der Waals surface area contributed by atoms with Gasteiger partial charge in [-0.3, -0.25) is 0 Å². The van der Waals surface area contributed by atoms with Gasteiger partial charge < -0.3 is 5.11 Å². The van der Waals surface area contributed by atoms with Crippen molar-refractivity contribution < 1.29 is 5.11 Å². The number of halogens is 2. The van der Waals surface area contributed by atoms with Gasteiger partial charge in [0.2, 0.25) is 0 Å². The van der Waals surface area contributed by atoms with E-state index in [2.05, 4.69) is 0 Å². The maximum atomic E-state index is 10.4. The average molecular weight is 273 g/mol. The SMILES string of the molecule is OC(c1cc(Cl)cc(Cl)c1)C1CCCCCC1. The fourth-order valence-corrected chi connectivity index (χ4v) is 3.19. The van der Waals surface area contributed by atoms with E-state index in [1.807, 2.05) is 12.1 Å². The molecule has 0 bridgehead atoms. The monoisotopic (exact) mass is 272 g/mol. The molecule has 0 saturated heterocycles. The van der Waals surface area contributed by atoms with Crippen LogP contribution in [-0.2, 0) is 0 Å². The summed E-state index contributed by atoms with van der Waals surface area (Å²) in [6.07, 6.45) is 6.80. The smallest absolute Gasteiger partial charge is 0.0819 e. The van der Waals surface area contributed by atoms with Gasteiger partial charge in [-0.1, -0.05) is 48.9 Å². The summed E-state index contributed by atoms with van der Waals surface area (Å²) in [6.45, 7) is 0. The van der Waals surface area contributed by atoms with Crippen LogP contribution in [0.4, 0.5) is 0 Å². The first-order chi connectivity index (χ1) is 8.16. The second kappa shape index (κ2) is 6.08. The van der Waals surface area contributed by atoms with E-state index >= 15 is 0 Å². The van der Waals surface area contributed by atoms with Crippen LogP contribution in [0, 0.1) is 5.92 Å². The van der Waals surface area contributed by atoms with Crippen molar-refractivity contribution >= 4 is 23.2 Å². The summed E-state index contributed by atoms with van der Waals surface area (Å²) >= 11 is 11.9. The molecule has 0 spiro atoms. The Morgan fingerprint density at radius 3 is 2.00 bits per heavy atom. The van der Waals surface area contributed by atoms with E-state index < -0.39 is 6.10 Å². The third-order valence-corrected chi connectivity index (χ3v) is 4.01. The Morgan fingerprint density at radius 2 is 1.47 bits per heavy atom. The number of aliphatic hydroxyl groups excluding tert-OH is 1. The van der Waals surface area contributed by atoms with Gasteiger partial charge in [0.05, 0.1) is 6.10 Å². The highest BCUT2D eigenvalue weighted by atomic mass is 35.5. The Hall–Kier alpha value is -0.240. The molecule has 1 atom stereocenters. The van der Waals surface area contributed by atoms with E-state index in [1.54, 1.807) is 6.07 Å². The third kappa shape index (κ3) is 3.61. The molecule has 2 rings (SSSR count). The molecule has 1 aromatic rings. The average Bonchev–Trinajstić information content (AvgIpc) is 2.55. The molecular weight excluding hydrogens is 255 g/mol. The summed E-state index contributed by atoms with van der Waals surface area (Å²) in [5.74, 6) is 0.354. The highest BCUT2D eigenvalue weighted by Gasteiger charge is 2.22. The number of aliphatic hydroxyl groups is 1. The summed E-state index contributed by atoms with van der Waals surface area (Å²) in [5, 5.41) is 11.6. The minimum atomic E-state index is -0.427. The van der Waals surface area contributed by atoms with Crippen LogP contribution in [-0.4, -0.2) is 5.11 Å². The summed E-state index contributed by atoms with van der Waals surface area (Å²) < 4.78 is 0. The van der Waals surface area contributed by atoms with Gasteiger partial charge in [-0.05, 0) is 42.5 Å². The Bertz CT molecular complexity index is 350. The molecule has 3 heteroatoms. The van der Waals surface area contributed by atoms with Gasteiger partial charge in [-0.15, -0.1) is 0 Å². The number of hydrogen-bond acceptors (Lipinski definition) is 1. The molecule has 1 aromatic carbocycles. The van der Waals surface area contributed by atoms with Crippen molar-refractivity contribution in [2.45, 2.75) is 44.6 Å². The molecule has 94 valence electrons. The van der Waals surface area contributed by atoms with Crippen molar-refractivity contribution in [3.63, 3.8) is 0 Å². The quantitative estimate of drug-likeness (QED) is 0.752. The molecule has 1 aliphatic rings. The number of rotatable bonds is 2. The molecule has 0 radical (unpaired) electrons. The van der Waals surface area contributed by atoms with Crippen LogP contribution in [0.25, 0.3) is 0 Å². The minimum absolute atomic E-state index is 0.354. The van der Waals surface area contributed by atoms with Crippen molar-refractivity contribution in [1.29, 1.82) is 0 Å². The Labute approximate surface area is 113 Å². The Balaban J connectivity index is 2.14. The summed E-state index contributed by atoms with van der Waals surface area (Å²) in [7, 11) is 0. The molecule has 0 aliphatic heterocycles. The lowest BCUT2D eigenvalue weighted by Crippen LogP contribution is -2.12. The van der Waals surface area contributed by atoms with E-state index in [-0.39, 0.29) is 0 Å². The number of benzene rings is 1. The largest absolute Gasteiger partial charge is 0.388 e. The zero-order valence-corrected chi connectivity index (χ0v) is 11.3. The summed E-state index contributed by atoms with van der Waals surface area (Å²) in [5.41, 5.74) is 0.856. The summed E-state index contributed by atoms with van der Waals surface area (Å²) in [6, 6.07) is 5.35. The maximum absolute atomic E-state index is 10.4. The van der Waals surface area contributed by atoms with E-state index in [1.165, 1.54) is 25.7 Å². The van der Waals surface area contributed by atoms with Crippen LogP contribution in [0.3, 0.4) is 0 Å². The molecule has 0 heterocycles. The zero-order chi connectivity index (χ0) is 12.3. The van der Waals surface area contributed by atoms with Crippen LogP contribution in [0.5, 0.6) is 0 Å². The van der Waals surface area contributed by atoms with E-state index in [9.17, 15) is 5.11 Å². The molecule has 17 heavy (non-hydrogen) atoms. The van der Waals surface area contributed by atoms with Gasteiger partial charge in [0.1, 0.15) is 0 Å². The van der Waals surface area contributed by atoms with Crippen LogP contribution in [0.15, 0.2) is 18.2 Å². The fraction of sp³-hybridized carbons (Fsp3) is 0.571. The van der Waals surface area contributed by atoms with Crippen LogP contribution < -0.4 is 0 Å². The molecular formula is C14H18Cl2O. The molecule has 1 nitrogen and oxygen atoms in total. The molecule has 1 unspecified atom stereocenters. The molecule has 0 amide bonds. The molecule has 1 saturated carbocycles. The predicted molar refractivity (Wildman–Crippen MR) is 72.6 cm³/mol. The van der Waals surface area contributed by atoms with Gasteiger partial charge in [0.25, 0.3) is 0 Å². The van der Waals surface area contributed by atoms with E-state index in [4.69, 9.17) is 23.2 Å². The lowest BCUT2D eigenvalue weighted by atomic mass is 9.89. The first-order valence-corrected chi connectivity index (χ1v) is 7.06. The lowest BCUT2D eigenvalue weighted by molar-refractivity contribution is 0.0988. The maximum Gasteiger partial charge on any atom is 0.0819 e. The van der Waals surface area contributed by atoms with Gasteiger partial charge >= 0.3 is 0 Å². The lowest BCUT2D eigenvalue weighted by Gasteiger charge is -2.22. The van der Waals surface area contributed by atoms with Crippen molar-refractivity contribution in [2.75, 3.05) is 0 Å². The highest BCUT2D eigenvalue weighted by Crippen LogP contribution is 2.35. The van der Waals surface area contributed by atoms with Gasteiger partial charge in [0, 0.05) is 10.0 Å².